The molecule has 2 aromatic carbocycles. The van der Waals surface area contributed by atoms with E-state index >= 15 is 0 Å². The standard InChI is InChI=1S/C19H20FN3O2/c1-22-11-4-12-23(19(22)25)16-9-7-15(8-10-16)21-18(24)13-14-5-2-3-6-17(14)20/h2-3,5-10H,4,11-13H2,1H3,(H,21,24). The molecule has 130 valence electrons. The van der Waals surface area contributed by atoms with Crippen molar-refractivity contribution in [1.29, 1.82) is 0 Å². The summed E-state index contributed by atoms with van der Waals surface area (Å²) >= 11 is 0. The van der Waals surface area contributed by atoms with Crippen LogP contribution in [0.5, 0.6) is 0 Å². The van der Waals surface area contributed by atoms with Gasteiger partial charge in [-0.25, -0.2) is 9.18 Å². The van der Waals surface area contributed by atoms with E-state index in [1.807, 2.05) is 0 Å². The third-order valence-corrected chi connectivity index (χ3v) is 4.20. The number of amides is 3. The second-order valence-corrected chi connectivity index (χ2v) is 6.07. The number of urea groups is 1. The second-order valence-electron chi connectivity index (χ2n) is 6.07. The monoisotopic (exact) mass is 341 g/mol. The molecule has 3 rings (SSSR count). The Balaban J connectivity index is 1.63. The molecular formula is C19H20FN3O2. The molecule has 2 aromatic rings. The molecule has 1 fully saturated rings. The van der Waals surface area contributed by atoms with Gasteiger partial charge in [-0.2, -0.15) is 0 Å². The lowest BCUT2D eigenvalue weighted by atomic mass is 10.1. The van der Waals surface area contributed by atoms with Gasteiger partial charge in [0.25, 0.3) is 0 Å². The Labute approximate surface area is 146 Å². The average molecular weight is 341 g/mol. The van der Waals surface area contributed by atoms with Crippen LogP contribution in [0.25, 0.3) is 0 Å². The molecule has 1 N–H and O–H groups in total. The van der Waals surface area contributed by atoms with Crippen LogP contribution >= 0.6 is 0 Å². The zero-order valence-corrected chi connectivity index (χ0v) is 14.0. The highest BCUT2D eigenvalue weighted by Crippen LogP contribution is 2.22. The maximum absolute atomic E-state index is 13.6. The Morgan fingerprint density at radius 1 is 1.12 bits per heavy atom. The lowest BCUT2D eigenvalue weighted by Crippen LogP contribution is -2.47. The highest BCUT2D eigenvalue weighted by atomic mass is 19.1. The Hall–Kier alpha value is -2.89. The molecule has 0 saturated carbocycles. The van der Waals surface area contributed by atoms with E-state index < -0.39 is 0 Å². The van der Waals surface area contributed by atoms with Crippen molar-refractivity contribution in [3.05, 3.63) is 59.9 Å². The van der Waals surface area contributed by atoms with Gasteiger partial charge in [-0.05, 0) is 42.3 Å². The summed E-state index contributed by atoms with van der Waals surface area (Å²) in [7, 11) is 1.78. The molecule has 6 heteroatoms. The Morgan fingerprint density at radius 3 is 2.56 bits per heavy atom. The Bertz CT molecular complexity index is 776. The molecule has 1 saturated heterocycles. The summed E-state index contributed by atoms with van der Waals surface area (Å²) in [5, 5.41) is 2.75. The first kappa shape index (κ1) is 17.0. The predicted molar refractivity (Wildman–Crippen MR) is 95.2 cm³/mol. The molecule has 0 atom stereocenters. The van der Waals surface area contributed by atoms with Gasteiger partial charge in [0.2, 0.25) is 5.91 Å². The van der Waals surface area contributed by atoms with E-state index in [1.54, 1.807) is 59.3 Å². The van der Waals surface area contributed by atoms with Crippen molar-refractivity contribution >= 4 is 23.3 Å². The number of nitrogens with one attached hydrogen (secondary N) is 1. The molecule has 3 amide bonds. The van der Waals surface area contributed by atoms with E-state index in [0.717, 1.165) is 18.7 Å². The molecule has 1 heterocycles. The van der Waals surface area contributed by atoms with Crippen molar-refractivity contribution in [2.45, 2.75) is 12.8 Å². The summed E-state index contributed by atoms with van der Waals surface area (Å²) in [4.78, 5) is 27.6. The Kier molecular flexibility index (Phi) is 4.97. The molecule has 0 bridgehead atoms. The van der Waals surface area contributed by atoms with Crippen LogP contribution in [0.4, 0.5) is 20.6 Å². The maximum Gasteiger partial charge on any atom is 0.324 e. The van der Waals surface area contributed by atoms with Crippen LogP contribution < -0.4 is 10.2 Å². The van der Waals surface area contributed by atoms with Gasteiger partial charge in [0.1, 0.15) is 5.82 Å². The van der Waals surface area contributed by atoms with Gasteiger partial charge in [-0.15, -0.1) is 0 Å². The highest BCUT2D eigenvalue weighted by molar-refractivity contribution is 5.94. The van der Waals surface area contributed by atoms with Crippen LogP contribution in [-0.4, -0.2) is 37.0 Å². The first-order valence-corrected chi connectivity index (χ1v) is 8.20. The van der Waals surface area contributed by atoms with Crippen molar-refractivity contribution < 1.29 is 14.0 Å². The second kappa shape index (κ2) is 7.34. The van der Waals surface area contributed by atoms with Gasteiger partial charge in [-0.1, -0.05) is 18.2 Å². The zero-order chi connectivity index (χ0) is 17.8. The quantitative estimate of drug-likeness (QED) is 0.928. The summed E-state index contributed by atoms with van der Waals surface area (Å²) < 4.78 is 13.6. The molecule has 0 aliphatic carbocycles. The topological polar surface area (TPSA) is 52.6 Å². The van der Waals surface area contributed by atoms with Crippen molar-refractivity contribution in [2.75, 3.05) is 30.4 Å². The largest absolute Gasteiger partial charge is 0.327 e. The van der Waals surface area contributed by atoms with Crippen molar-refractivity contribution in [2.24, 2.45) is 0 Å². The molecule has 0 radical (unpaired) electrons. The van der Waals surface area contributed by atoms with Crippen LogP contribution in [0.2, 0.25) is 0 Å². The Morgan fingerprint density at radius 2 is 1.84 bits per heavy atom. The van der Waals surface area contributed by atoms with Gasteiger partial charge >= 0.3 is 6.03 Å². The predicted octanol–water partition coefficient (Wildman–Crippen LogP) is 3.27. The summed E-state index contributed by atoms with van der Waals surface area (Å²) in [5.74, 6) is -0.674. The van der Waals surface area contributed by atoms with E-state index in [4.69, 9.17) is 0 Å². The summed E-state index contributed by atoms with van der Waals surface area (Å²) in [6.45, 7) is 1.45. The number of hydrogen-bond acceptors (Lipinski definition) is 2. The van der Waals surface area contributed by atoms with E-state index in [-0.39, 0.29) is 24.2 Å². The minimum atomic E-state index is -0.388. The maximum atomic E-state index is 13.6. The number of rotatable bonds is 4. The van der Waals surface area contributed by atoms with E-state index in [2.05, 4.69) is 5.32 Å². The number of nitrogens with zero attached hydrogens (tertiary/aromatic N) is 2. The molecule has 0 unspecified atom stereocenters. The summed E-state index contributed by atoms with van der Waals surface area (Å²) in [6.07, 6.45) is 0.896. The number of halogens is 1. The molecule has 0 spiro atoms. The van der Waals surface area contributed by atoms with Crippen LogP contribution in [0, 0.1) is 5.82 Å². The fourth-order valence-electron chi connectivity index (χ4n) is 2.85. The van der Waals surface area contributed by atoms with Gasteiger partial charge < -0.3 is 10.2 Å². The minimum Gasteiger partial charge on any atom is -0.327 e. The number of anilines is 2. The van der Waals surface area contributed by atoms with Crippen LogP contribution in [0.3, 0.4) is 0 Å². The van der Waals surface area contributed by atoms with Crippen molar-refractivity contribution in [3.8, 4) is 0 Å². The molecular weight excluding hydrogens is 321 g/mol. The zero-order valence-electron chi connectivity index (χ0n) is 14.0. The van der Waals surface area contributed by atoms with E-state index in [0.29, 0.717) is 17.8 Å². The van der Waals surface area contributed by atoms with Crippen molar-refractivity contribution in [1.82, 2.24) is 4.90 Å². The first-order valence-electron chi connectivity index (χ1n) is 8.20. The first-order chi connectivity index (χ1) is 12.0. The third-order valence-electron chi connectivity index (χ3n) is 4.20. The fourth-order valence-corrected chi connectivity index (χ4v) is 2.85. The molecule has 25 heavy (non-hydrogen) atoms. The third kappa shape index (κ3) is 3.96. The normalized spacial score (nSPS) is 14.6. The number of benzene rings is 2. The molecule has 1 aliphatic rings. The van der Waals surface area contributed by atoms with Crippen LogP contribution in [-0.2, 0) is 11.2 Å². The molecule has 5 nitrogen and oxygen atoms in total. The number of carbonyl (C=O) groups excluding carboxylic acids is 2. The smallest absolute Gasteiger partial charge is 0.324 e. The van der Waals surface area contributed by atoms with E-state index in [1.165, 1.54) is 6.07 Å². The van der Waals surface area contributed by atoms with Gasteiger partial charge in [0.05, 0.1) is 6.42 Å². The fraction of sp³-hybridized carbons (Fsp3) is 0.263. The SMILES string of the molecule is CN1CCCN(c2ccc(NC(=O)Cc3ccccc3F)cc2)C1=O. The van der Waals surface area contributed by atoms with E-state index in [9.17, 15) is 14.0 Å². The van der Waals surface area contributed by atoms with Crippen LogP contribution in [0.15, 0.2) is 48.5 Å². The number of hydrogen-bond donors (Lipinski definition) is 1. The molecule has 1 aliphatic heterocycles. The molecule has 0 aromatic heterocycles. The highest BCUT2D eigenvalue weighted by Gasteiger charge is 2.23. The minimum absolute atomic E-state index is 0.0240. The summed E-state index contributed by atoms with van der Waals surface area (Å²) in [5.41, 5.74) is 1.77. The van der Waals surface area contributed by atoms with Gasteiger partial charge in [0.15, 0.2) is 0 Å². The van der Waals surface area contributed by atoms with Gasteiger partial charge in [-0.3, -0.25) is 9.69 Å². The van der Waals surface area contributed by atoms with Gasteiger partial charge in [0, 0.05) is 31.5 Å². The lowest BCUT2D eigenvalue weighted by molar-refractivity contribution is -0.115. The number of carbonyl (C=O) groups is 2. The van der Waals surface area contributed by atoms with Crippen LogP contribution in [0.1, 0.15) is 12.0 Å². The average Bonchev–Trinajstić information content (AvgIpc) is 2.60. The van der Waals surface area contributed by atoms with Crippen molar-refractivity contribution in [3.63, 3.8) is 0 Å². The lowest BCUT2D eigenvalue weighted by Gasteiger charge is -2.33. The summed E-state index contributed by atoms with van der Waals surface area (Å²) in [6, 6.07) is 13.3.